The molecule has 17 heavy (non-hydrogen) atoms. The van der Waals surface area contributed by atoms with Crippen LogP contribution in [0.1, 0.15) is 23.7 Å². The van der Waals surface area contributed by atoms with Crippen LogP contribution in [0.3, 0.4) is 0 Å². The maximum absolute atomic E-state index is 12.9. The highest BCUT2D eigenvalue weighted by molar-refractivity contribution is 7.98. The lowest BCUT2D eigenvalue weighted by Crippen LogP contribution is -2.33. The number of halogens is 2. The highest BCUT2D eigenvalue weighted by Gasteiger charge is 2.14. The molecule has 0 saturated heterocycles. The summed E-state index contributed by atoms with van der Waals surface area (Å²) in [5, 5.41) is 2.77. The summed E-state index contributed by atoms with van der Waals surface area (Å²) >= 11 is 7.44. The summed E-state index contributed by atoms with van der Waals surface area (Å²) in [5.74, 6) is -0.0109. The first-order valence-electron chi connectivity index (χ1n) is 5.15. The molecule has 0 bridgehead atoms. The van der Waals surface area contributed by atoms with Gasteiger partial charge < -0.3 is 5.32 Å². The largest absolute Gasteiger partial charge is 0.349 e. The second kappa shape index (κ2) is 6.81. The van der Waals surface area contributed by atoms with Crippen LogP contribution < -0.4 is 5.32 Å². The first-order valence-corrected chi connectivity index (χ1v) is 6.92. The predicted octanol–water partition coefficient (Wildman–Crippen LogP) is 2.75. The van der Waals surface area contributed by atoms with Crippen LogP contribution in [0.2, 0.25) is 5.15 Å². The van der Waals surface area contributed by atoms with Crippen molar-refractivity contribution in [1.29, 1.82) is 0 Å². The van der Waals surface area contributed by atoms with Crippen LogP contribution in [0.4, 0.5) is 4.39 Å². The fourth-order valence-electron chi connectivity index (χ4n) is 1.25. The van der Waals surface area contributed by atoms with E-state index in [4.69, 9.17) is 11.6 Å². The molecule has 1 unspecified atom stereocenters. The van der Waals surface area contributed by atoms with Gasteiger partial charge in [0.15, 0.2) is 0 Å². The smallest absolute Gasteiger partial charge is 0.254 e. The molecule has 1 aromatic heterocycles. The monoisotopic (exact) mass is 276 g/mol. The Morgan fingerprint density at radius 2 is 2.41 bits per heavy atom. The Morgan fingerprint density at radius 3 is 3.06 bits per heavy atom. The maximum Gasteiger partial charge on any atom is 0.254 e. The van der Waals surface area contributed by atoms with Gasteiger partial charge in [-0.05, 0) is 31.4 Å². The lowest BCUT2D eigenvalue weighted by Gasteiger charge is -2.13. The van der Waals surface area contributed by atoms with Gasteiger partial charge in [0.2, 0.25) is 0 Å². The van der Waals surface area contributed by atoms with Crippen LogP contribution in [-0.2, 0) is 0 Å². The predicted molar refractivity (Wildman–Crippen MR) is 69.1 cm³/mol. The third-order valence-electron chi connectivity index (χ3n) is 2.18. The van der Waals surface area contributed by atoms with Gasteiger partial charge in [-0.3, -0.25) is 4.79 Å². The molecule has 6 heteroatoms. The van der Waals surface area contributed by atoms with E-state index in [0.29, 0.717) is 0 Å². The van der Waals surface area contributed by atoms with Crippen molar-refractivity contribution < 1.29 is 9.18 Å². The summed E-state index contributed by atoms with van der Waals surface area (Å²) in [6, 6.07) is 1.11. The zero-order valence-corrected chi connectivity index (χ0v) is 11.2. The molecule has 0 spiro atoms. The summed E-state index contributed by atoms with van der Waals surface area (Å²) in [6.07, 6.45) is 3.84. The van der Waals surface area contributed by atoms with Crippen molar-refractivity contribution in [2.75, 3.05) is 12.0 Å². The number of nitrogens with zero attached hydrogens (tertiary/aromatic N) is 1. The van der Waals surface area contributed by atoms with Crippen molar-refractivity contribution in [3.05, 3.63) is 28.8 Å². The summed E-state index contributed by atoms with van der Waals surface area (Å²) in [6.45, 7) is 1.90. The zero-order chi connectivity index (χ0) is 12.8. The Labute approximate surface area is 109 Å². The first kappa shape index (κ1) is 14.3. The molecule has 1 aromatic rings. The number of rotatable bonds is 5. The van der Waals surface area contributed by atoms with Gasteiger partial charge in [0.25, 0.3) is 5.91 Å². The molecule has 1 heterocycles. The van der Waals surface area contributed by atoms with Gasteiger partial charge in [0.05, 0.1) is 11.8 Å². The van der Waals surface area contributed by atoms with Crippen LogP contribution in [0.15, 0.2) is 12.3 Å². The molecule has 1 atom stereocenters. The van der Waals surface area contributed by atoms with Crippen molar-refractivity contribution in [1.82, 2.24) is 10.3 Å². The van der Waals surface area contributed by atoms with E-state index >= 15 is 0 Å². The fourth-order valence-corrected chi connectivity index (χ4v) is 2.03. The van der Waals surface area contributed by atoms with E-state index in [9.17, 15) is 9.18 Å². The third kappa shape index (κ3) is 4.52. The maximum atomic E-state index is 12.9. The number of hydrogen-bond acceptors (Lipinski definition) is 3. The second-order valence-electron chi connectivity index (χ2n) is 3.65. The average molecular weight is 277 g/mol. The first-order chi connectivity index (χ1) is 8.04. The number of aromatic nitrogens is 1. The molecule has 3 nitrogen and oxygen atoms in total. The molecule has 0 radical (unpaired) electrons. The van der Waals surface area contributed by atoms with Gasteiger partial charge in [0, 0.05) is 6.04 Å². The minimum absolute atomic E-state index is 0.0148. The van der Waals surface area contributed by atoms with Gasteiger partial charge in [-0.1, -0.05) is 11.6 Å². The van der Waals surface area contributed by atoms with Gasteiger partial charge >= 0.3 is 0 Å². The van der Waals surface area contributed by atoms with Crippen molar-refractivity contribution in [2.24, 2.45) is 0 Å². The zero-order valence-electron chi connectivity index (χ0n) is 9.67. The van der Waals surface area contributed by atoms with Crippen LogP contribution in [0, 0.1) is 5.82 Å². The standard InChI is InChI=1S/C11H14ClFN2OS/c1-7(3-4-17-2)15-11(16)9-5-8(13)6-14-10(9)12/h5-7H,3-4H2,1-2H3,(H,15,16). The highest BCUT2D eigenvalue weighted by atomic mass is 35.5. The van der Waals surface area contributed by atoms with Gasteiger partial charge in [-0.15, -0.1) is 0 Å². The number of hydrogen-bond donors (Lipinski definition) is 1. The van der Waals surface area contributed by atoms with Crippen molar-refractivity contribution >= 4 is 29.3 Å². The molecule has 1 N–H and O–H groups in total. The van der Waals surface area contributed by atoms with Crippen LogP contribution >= 0.6 is 23.4 Å². The Morgan fingerprint density at radius 1 is 1.71 bits per heavy atom. The van der Waals surface area contributed by atoms with E-state index in [0.717, 1.165) is 24.4 Å². The number of carbonyl (C=O) groups is 1. The quantitative estimate of drug-likeness (QED) is 0.841. The van der Waals surface area contributed by atoms with Gasteiger partial charge in [0.1, 0.15) is 11.0 Å². The summed E-state index contributed by atoms with van der Waals surface area (Å²) in [5.41, 5.74) is 0.0719. The number of carbonyl (C=O) groups excluding carboxylic acids is 1. The van der Waals surface area contributed by atoms with Crippen molar-refractivity contribution in [2.45, 2.75) is 19.4 Å². The Bertz CT molecular complexity index is 403. The number of amides is 1. The summed E-state index contributed by atoms with van der Waals surface area (Å²) in [7, 11) is 0. The summed E-state index contributed by atoms with van der Waals surface area (Å²) < 4.78 is 12.9. The van der Waals surface area contributed by atoms with Gasteiger partial charge in [-0.2, -0.15) is 11.8 Å². The molecular formula is C11H14ClFN2OS. The van der Waals surface area contributed by atoms with Gasteiger partial charge in [-0.25, -0.2) is 9.37 Å². The number of nitrogens with one attached hydrogen (secondary N) is 1. The molecule has 0 aliphatic heterocycles. The Hall–Kier alpha value is -0.810. The number of thioether (sulfide) groups is 1. The third-order valence-corrected chi connectivity index (χ3v) is 3.13. The lowest BCUT2D eigenvalue weighted by molar-refractivity contribution is 0.0939. The molecule has 1 amide bonds. The minimum Gasteiger partial charge on any atom is -0.349 e. The van der Waals surface area contributed by atoms with Crippen LogP contribution in [0.25, 0.3) is 0 Å². The van der Waals surface area contributed by atoms with Crippen LogP contribution in [0.5, 0.6) is 0 Å². The topological polar surface area (TPSA) is 42.0 Å². The highest BCUT2D eigenvalue weighted by Crippen LogP contribution is 2.14. The molecule has 0 aliphatic carbocycles. The summed E-state index contributed by atoms with van der Waals surface area (Å²) in [4.78, 5) is 15.4. The Balaban J connectivity index is 2.66. The molecule has 94 valence electrons. The molecular weight excluding hydrogens is 263 g/mol. The normalized spacial score (nSPS) is 12.2. The SMILES string of the molecule is CSCCC(C)NC(=O)c1cc(F)cnc1Cl. The van der Waals surface area contributed by atoms with Crippen molar-refractivity contribution in [3.63, 3.8) is 0 Å². The van der Waals surface area contributed by atoms with E-state index in [1.165, 1.54) is 0 Å². The average Bonchev–Trinajstić information content (AvgIpc) is 2.29. The second-order valence-corrected chi connectivity index (χ2v) is 4.99. The van der Waals surface area contributed by atoms with E-state index in [-0.39, 0.29) is 16.8 Å². The molecule has 0 aliphatic rings. The van der Waals surface area contributed by atoms with Crippen molar-refractivity contribution in [3.8, 4) is 0 Å². The lowest BCUT2D eigenvalue weighted by atomic mass is 10.2. The number of pyridine rings is 1. The molecule has 0 saturated carbocycles. The Kier molecular flexibility index (Phi) is 5.71. The van der Waals surface area contributed by atoms with E-state index in [2.05, 4.69) is 10.3 Å². The minimum atomic E-state index is -0.573. The van der Waals surface area contributed by atoms with E-state index in [1.54, 1.807) is 11.8 Å². The van der Waals surface area contributed by atoms with Crippen LogP contribution in [-0.4, -0.2) is 28.9 Å². The fraction of sp³-hybridized carbons (Fsp3) is 0.455. The molecule has 0 fully saturated rings. The molecule has 1 rings (SSSR count). The van der Waals surface area contributed by atoms with E-state index in [1.807, 2.05) is 13.2 Å². The molecule has 0 aromatic carbocycles. The van der Waals surface area contributed by atoms with E-state index < -0.39 is 11.7 Å².